The number of nitrogens with zero attached hydrogens (tertiary/aromatic N) is 1. The first-order chi connectivity index (χ1) is 30.0. The van der Waals surface area contributed by atoms with Crippen molar-refractivity contribution in [1.82, 2.24) is 4.90 Å². The summed E-state index contributed by atoms with van der Waals surface area (Å²) < 4.78 is 17.7. The van der Waals surface area contributed by atoms with Gasteiger partial charge in [0.2, 0.25) is 0 Å². The van der Waals surface area contributed by atoms with Crippen LogP contribution in [0.3, 0.4) is 0 Å². The van der Waals surface area contributed by atoms with E-state index >= 15 is 0 Å². The molecule has 0 heterocycles. The number of aliphatic hydroxyl groups is 1. The van der Waals surface area contributed by atoms with Crippen LogP contribution in [-0.2, 0) is 28.6 Å². The van der Waals surface area contributed by atoms with Crippen LogP contribution in [0.25, 0.3) is 0 Å². The van der Waals surface area contributed by atoms with Gasteiger partial charge in [0.1, 0.15) is 19.0 Å². The van der Waals surface area contributed by atoms with Crippen LogP contribution in [0, 0.1) is 11.8 Å². The van der Waals surface area contributed by atoms with Gasteiger partial charge in [-0.15, -0.1) is 0 Å². The molecule has 0 saturated heterocycles. The van der Waals surface area contributed by atoms with Gasteiger partial charge in [-0.3, -0.25) is 9.59 Å². The second-order valence-electron chi connectivity index (χ2n) is 18.2. The van der Waals surface area contributed by atoms with E-state index in [0.29, 0.717) is 26.1 Å². The predicted octanol–water partition coefficient (Wildman–Crippen LogP) is 13.2. The Kier molecular flexibility index (Phi) is 42.4. The Morgan fingerprint density at radius 1 is 0.574 bits per heavy atom. The van der Waals surface area contributed by atoms with Crippen LogP contribution in [0.15, 0.2) is 0 Å². The van der Waals surface area contributed by atoms with Gasteiger partial charge in [0.25, 0.3) is 0 Å². The molecule has 1 N–H and O–H groups in total. The fourth-order valence-electron chi connectivity index (χ4n) is 8.94. The van der Waals surface area contributed by atoms with Crippen LogP contribution in [0.4, 0.5) is 0 Å². The third kappa shape index (κ3) is 36.1. The van der Waals surface area contributed by atoms with E-state index in [9.17, 15) is 9.59 Å². The average Bonchev–Trinajstić information content (AvgIpc) is 3.28. The molecule has 0 amide bonds. The number of carbonyl (C=O) groups is 3. The molecule has 0 bridgehead atoms. The standard InChI is InChI=1S/C50H95NO6S2.CH2O/c1-3-5-7-20-29-47(56-49(53)30-15-6-4-2)43-58-42-24-12-10-22-36-51(37-39-55-40-38-52)35-21-9-8-11-23-41-59-44-48(33-31-45-25-16-13-17-26-45)57-50(54)34-32-46-27-18-14-19-28-46;1-2/h45-48,52H,3-44H2,1-2H3;1H2. The lowest BCUT2D eigenvalue weighted by atomic mass is 9.85. The zero-order chi connectivity index (χ0) is 44.3. The maximum atomic E-state index is 12.9. The Morgan fingerprint density at radius 2 is 1.07 bits per heavy atom. The van der Waals surface area contributed by atoms with Crippen molar-refractivity contribution in [2.75, 3.05) is 62.5 Å². The third-order valence-corrected chi connectivity index (χ3v) is 15.1. The number of aliphatic hydroxyl groups excluding tert-OH is 1. The zero-order valence-electron chi connectivity index (χ0n) is 39.9. The Morgan fingerprint density at radius 3 is 1.64 bits per heavy atom. The van der Waals surface area contributed by atoms with Crippen LogP contribution in [-0.4, -0.2) is 103 Å². The van der Waals surface area contributed by atoms with E-state index in [-0.39, 0.29) is 30.8 Å². The van der Waals surface area contributed by atoms with Crippen molar-refractivity contribution < 1.29 is 33.7 Å². The van der Waals surface area contributed by atoms with Crippen molar-refractivity contribution in [3.63, 3.8) is 0 Å². The van der Waals surface area contributed by atoms with E-state index in [1.165, 1.54) is 153 Å². The van der Waals surface area contributed by atoms with Gasteiger partial charge >= 0.3 is 11.9 Å². The molecule has 8 nitrogen and oxygen atoms in total. The molecule has 2 rings (SSSR count). The fraction of sp³-hybridized carbons (Fsp3) is 0.941. The number of rotatable bonds is 41. The Balaban J connectivity index is 0.00000916. The molecule has 0 aliphatic heterocycles. The van der Waals surface area contributed by atoms with E-state index in [0.717, 1.165) is 93.7 Å². The average molecular weight is 900 g/mol. The van der Waals surface area contributed by atoms with Crippen LogP contribution < -0.4 is 0 Å². The van der Waals surface area contributed by atoms with Gasteiger partial charge < -0.3 is 29.0 Å². The highest BCUT2D eigenvalue weighted by atomic mass is 32.2. The van der Waals surface area contributed by atoms with Crippen molar-refractivity contribution in [3.05, 3.63) is 0 Å². The van der Waals surface area contributed by atoms with E-state index < -0.39 is 0 Å². The van der Waals surface area contributed by atoms with Gasteiger partial charge in [0.15, 0.2) is 0 Å². The summed E-state index contributed by atoms with van der Waals surface area (Å²) in [5.74, 6) is 5.84. The molecule has 2 saturated carbocycles. The van der Waals surface area contributed by atoms with Crippen molar-refractivity contribution in [3.8, 4) is 0 Å². The zero-order valence-corrected chi connectivity index (χ0v) is 41.5. The summed E-state index contributed by atoms with van der Waals surface area (Å²) in [5, 5.41) is 9.15. The van der Waals surface area contributed by atoms with Crippen molar-refractivity contribution in [2.24, 2.45) is 11.8 Å². The number of hydrogen-bond donors (Lipinski definition) is 1. The minimum atomic E-state index is 0.0000732. The first kappa shape index (κ1) is 58.2. The smallest absolute Gasteiger partial charge is 0.306 e. The van der Waals surface area contributed by atoms with E-state index in [4.69, 9.17) is 24.1 Å². The van der Waals surface area contributed by atoms with Gasteiger partial charge in [0.05, 0.1) is 19.8 Å². The van der Waals surface area contributed by atoms with Gasteiger partial charge in [-0.1, -0.05) is 142 Å². The quantitative estimate of drug-likeness (QED) is 0.0471. The maximum Gasteiger partial charge on any atom is 0.306 e. The monoisotopic (exact) mass is 900 g/mol. The maximum absolute atomic E-state index is 12.9. The molecule has 0 aromatic heterocycles. The first-order valence-corrected chi connectivity index (χ1v) is 28.1. The first-order valence-electron chi connectivity index (χ1n) is 25.8. The van der Waals surface area contributed by atoms with Gasteiger partial charge in [-0.2, -0.15) is 23.5 Å². The number of carbonyl (C=O) groups excluding carboxylic acids is 3. The molecule has 2 unspecified atom stereocenters. The SMILES string of the molecule is C=O.CCCCCCC(CSCCCCCCN(CCCCCCCSCC(CCC1CCCCC1)OC(=O)CCC1CCCCC1)CCOCCO)OC(=O)CCCCC. The second kappa shape index (κ2) is 44.4. The molecule has 2 fully saturated rings. The molecule has 0 radical (unpaired) electrons. The molecular formula is C51H97NO7S2. The van der Waals surface area contributed by atoms with Crippen molar-refractivity contribution in [2.45, 2.75) is 232 Å². The Bertz CT molecular complexity index is 965. The highest BCUT2D eigenvalue weighted by Gasteiger charge is 2.21. The molecule has 2 aliphatic rings. The number of thioether (sulfide) groups is 2. The molecular weight excluding hydrogens is 803 g/mol. The molecule has 2 atom stereocenters. The van der Waals surface area contributed by atoms with Gasteiger partial charge in [-0.25, -0.2) is 0 Å². The Hall–Kier alpha value is -0.810. The minimum Gasteiger partial charge on any atom is -0.461 e. The minimum absolute atomic E-state index is 0.0000732. The molecule has 0 aromatic carbocycles. The van der Waals surface area contributed by atoms with Crippen molar-refractivity contribution >= 4 is 42.3 Å². The topological polar surface area (TPSA) is 102 Å². The third-order valence-electron chi connectivity index (χ3n) is 12.7. The lowest BCUT2D eigenvalue weighted by molar-refractivity contribution is -0.149. The summed E-state index contributed by atoms with van der Waals surface area (Å²) in [6.07, 6.45) is 38.5. The molecule has 10 heteroatoms. The number of ether oxygens (including phenoxy) is 3. The summed E-state index contributed by atoms with van der Waals surface area (Å²) >= 11 is 3.98. The second-order valence-corrected chi connectivity index (χ2v) is 20.5. The summed E-state index contributed by atoms with van der Waals surface area (Å²) in [6, 6.07) is 0. The molecule has 360 valence electrons. The van der Waals surface area contributed by atoms with Crippen molar-refractivity contribution in [1.29, 1.82) is 0 Å². The summed E-state index contributed by atoms with van der Waals surface area (Å²) in [4.78, 5) is 35.9. The Labute approximate surface area is 385 Å². The molecule has 0 aromatic rings. The summed E-state index contributed by atoms with van der Waals surface area (Å²) in [7, 11) is 0. The number of hydrogen-bond acceptors (Lipinski definition) is 10. The highest BCUT2D eigenvalue weighted by Crippen LogP contribution is 2.30. The van der Waals surface area contributed by atoms with Crippen LogP contribution in [0.2, 0.25) is 0 Å². The molecule has 0 spiro atoms. The lowest BCUT2D eigenvalue weighted by Crippen LogP contribution is -2.30. The summed E-state index contributed by atoms with van der Waals surface area (Å²) in [6.45, 7) is 10.8. The highest BCUT2D eigenvalue weighted by molar-refractivity contribution is 7.99. The predicted molar refractivity (Wildman–Crippen MR) is 262 cm³/mol. The van der Waals surface area contributed by atoms with Crippen LogP contribution in [0.1, 0.15) is 219 Å². The van der Waals surface area contributed by atoms with Gasteiger partial charge in [-0.05, 0) is 101 Å². The summed E-state index contributed by atoms with van der Waals surface area (Å²) in [5.41, 5.74) is 0. The fourth-order valence-corrected chi connectivity index (χ4v) is 11.1. The number of unbranched alkanes of at least 4 members (excludes halogenated alkanes) is 12. The number of esters is 2. The van der Waals surface area contributed by atoms with Crippen LogP contribution >= 0.6 is 23.5 Å². The normalized spacial score (nSPS) is 15.9. The van der Waals surface area contributed by atoms with E-state index in [1.807, 2.05) is 30.3 Å². The van der Waals surface area contributed by atoms with E-state index in [1.54, 1.807) is 0 Å². The molecule has 2 aliphatic carbocycles. The molecule has 61 heavy (non-hydrogen) atoms. The van der Waals surface area contributed by atoms with Crippen LogP contribution in [0.5, 0.6) is 0 Å². The largest absolute Gasteiger partial charge is 0.461 e. The lowest BCUT2D eigenvalue weighted by Gasteiger charge is -2.25. The van der Waals surface area contributed by atoms with Gasteiger partial charge in [0, 0.05) is 30.9 Å². The van der Waals surface area contributed by atoms with E-state index in [2.05, 4.69) is 18.7 Å².